The Kier molecular flexibility index (Phi) is 4.97. The summed E-state index contributed by atoms with van der Waals surface area (Å²) in [4.78, 5) is 38.4. The zero-order chi connectivity index (χ0) is 22.3. The second-order valence-electron chi connectivity index (χ2n) is 6.86. The average molecular weight is 428 g/mol. The van der Waals surface area contributed by atoms with Crippen LogP contribution < -0.4 is 10.9 Å². The number of aromatic nitrogens is 2. The van der Waals surface area contributed by atoms with Gasteiger partial charge in [0, 0.05) is 11.3 Å². The zero-order valence-corrected chi connectivity index (χ0v) is 16.1. The molecule has 1 aromatic heterocycles. The first-order valence-electron chi connectivity index (χ1n) is 9.11. The summed E-state index contributed by atoms with van der Waals surface area (Å²) in [5, 5.41) is 5.16. The predicted molar refractivity (Wildman–Crippen MR) is 105 cm³/mol. The van der Waals surface area contributed by atoms with E-state index < -0.39 is 41.5 Å². The molecule has 10 heteroatoms. The lowest BCUT2D eigenvalue weighted by Gasteiger charge is -2.12. The first kappa shape index (κ1) is 20.2. The van der Waals surface area contributed by atoms with Crippen LogP contribution in [0.4, 0.5) is 18.0 Å². The molecule has 2 N–H and O–H groups in total. The number of halogens is 3. The molecular formula is C21H15F3N4O3. The summed E-state index contributed by atoms with van der Waals surface area (Å²) < 4.78 is 41.6. The van der Waals surface area contributed by atoms with Crippen LogP contribution in [-0.2, 0) is 11.3 Å². The number of carbonyl (C=O) groups is 2. The molecule has 158 valence electrons. The van der Waals surface area contributed by atoms with Gasteiger partial charge >= 0.3 is 6.03 Å². The van der Waals surface area contributed by atoms with Crippen molar-refractivity contribution in [2.45, 2.75) is 13.5 Å². The van der Waals surface area contributed by atoms with Gasteiger partial charge in [-0.3, -0.25) is 19.6 Å². The van der Waals surface area contributed by atoms with Gasteiger partial charge in [-0.05, 0) is 43.3 Å². The van der Waals surface area contributed by atoms with Gasteiger partial charge in [-0.1, -0.05) is 12.1 Å². The zero-order valence-electron chi connectivity index (χ0n) is 16.1. The maximum Gasteiger partial charge on any atom is 0.329 e. The van der Waals surface area contributed by atoms with E-state index in [0.29, 0.717) is 16.3 Å². The Labute approximate surface area is 173 Å². The minimum atomic E-state index is -1.15. The summed E-state index contributed by atoms with van der Waals surface area (Å²) in [5.41, 5.74) is 0.0104. The third-order valence-electron chi connectivity index (χ3n) is 4.81. The van der Waals surface area contributed by atoms with Gasteiger partial charge < -0.3 is 5.32 Å². The van der Waals surface area contributed by atoms with Crippen molar-refractivity contribution in [3.63, 3.8) is 0 Å². The fourth-order valence-corrected chi connectivity index (χ4v) is 3.20. The Morgan fingerprint density at radius 2 is 1.71 bits per heavy atom. The first-order valence-corrected chi connectivity index (χ1v) is 9.11. The molecule has 0 bridgehead atoms. The number of aryl methyl sites for hydroxylation is 1. The van der Waals surface area contributed by atoms with Crippen LogP contribution in [0.2, 0.25) is 0 Å². The van der Waals surface area contributed by atoms with Crippen LogP contribution in [0.25, 0.3) is 11.8 Å². The summed E-state index contributed by atoms with van der Waals surface area (Å²) in [6.07, 6.45) is 1.20. The lowest BCUT2D eigenvalue weighted by atomic mass is 10.2. The Hall–Kier alpha value is -4.08. The smallest absolute Gasteiger partial charge is 0.303 e. The van der Waals surface area contributed by atoms with Crippen LogP contribution in [0.1, 0.15) is 16.8 Å². The molecule has 1 saturated heterocycles. The van der Waals surface area contributed by atoms with Gasteiger partial charge in [0.15, 0.2) is 11.6 Å². The Morgan fingerprint density at radius 1 is 1.00 bits per heavy atom. The van der Waals surface area contributed by atoms with E-state index in [1.807, 2.05) is 0 Å². The number of rotatable bonds is 4. The molecule has 0 aliphatic carbocycles. The van der Waals surface area contributed by atoms with E-state index in [4.69, 9.17) is 0 Å². The number of hydrogen-bond donors (Lipinski definition) is 2. The van der Waals surface area contributed by atoms with Gasteiger partial charge in [-0.15, -0.1) is 0 Å². The van der Waals surface area contributed by atoms with Crippen molar-refractivity contribution < 1.29 is 22.8 Å². The lowest BCUT2D eigenvalue weighted by molar-refractivity contribution is -0.123. The molecule has 3 aromatic rings. The van der Waals surface area contributed by atoms with E-state index in [-0.39, 0.29) is 16.8 Å². The van der Waals surface area contributed by atoms with Crippen molar-refractivity contribution in [3.05, 3.63) is 92.8 Å². The standard InChI is InChI=1S/C21H15F3N4O3/c1-11-15(19(29)28(26-11)14-7-5-13(22)6-8-14)9-17-20(30)27(21(31)25-17)10-12-3-2-4-16(23)18(12)24/h2-9,26H,10H2,1H3,(H,25,31). The average Bonchev–Trinajstić information content (AvgIpc) is 3.16. The van der Waals surface area contributed by atoms with Crippen LogP contribution in [0.15, 0.2) is 53.0 Å². The molecule has 0 spiro atoms. The van der Waals surface area contributed by atoms with Crippen molar-refractivity contribution >= 4 is 18.0 Å². The van der Waals surface area contributed by atoms with Crippen molar-refractivity contribution in [1.29, 1.82) is 0 Å². The largest absolute Gasteiger partial charge is 0.329 e. The summed E-state index contributed by atoms with van der Waals surface area (Å²) in [6.45, 7) is 1.12. The minimum Gasteiger partial charge on any atom is -0.303 e. The summed E-state index contributed by atoms with van der Waals surface area (Å²) in [7, 11) is 0. The molecule has 0 saturated carbocycles. The molecule has 1 fully saturated rings. The highest BCUT2D eigenvalue weighted by Gasteiger charge is 2.34. The summed E-state index contributed by atoms with van der Waals surface area (Å²) >= 11 is 0. The van der Waals surface area contributed by atoms with Crippen molar-refractivity contribution in [1.82, 2.24) is 20.0 Å². The van der Waals surface area contributed by atoms with Gasteiger partial charge in [-0.25, -0.2) is 22.6 Å². The highest BCUT2D eigenvalue weighted by Crippen LogP contribution is 2.20. The van der Waals surface area contributed by atoms with E-state index in [1.165, 1.54) is 47.2 Å². The van der Waals surface area contributed by atoms with Gasteiger partial charge in [-0.2, -0.15) is 0 Å². The van der Waals surface area contributed by atoms with E-state index in [0.717, 1.165) is 6.07 Å². The molecule has 4 rings (SSSR count). The van der Waals surface area contributed by atoms with Crippen LogP contribution in [-0.4, -0.2) is 26.6 Å². The molecule has 3 amide bonds. The monoisotopic (exact) mass is 428 g/mol. The van der Waals surface area contributed by atoms with E-state index in [2.05, 4.69) is 10.4 Å². The van der Waals surface area contributed by atoms with E-state index in [9.17, 15) is 27.6 Å². The molecule has 2 aromatic carbocycles. The number of aromatic amines is 1. The Bertz CT molecular complexity index is 1290. The highest BCUT2D eigenvalue weighted by molar-refractivity contribution is 6.13. The fraction of sp³-hybridized carbons (Fsp3) is 0.0952. The molecule has 0 radical (unpaired) electrons. The molecule has 31 heavy (non-hydrogen) atoms. The molecule has 2 heterocycles. The highest BCUT2D eigenvalue weighted by atomic mass is 19.2. The second kappa shape index (κ2) is 7.63. The quantitative estimate of drug-likeness (QED) is 0.495. The van der Waals surface area contributed by atoms with Gasteiger partial charge in [0.1, 0.15) is 11.5 Å². The van der Waals surface area contributed by atoms with Crippen molar-refractivity contribution in [2.24, 2.45) is 0 Å². The van der Waals surface area contributed by atoms with Gasteiger partial charge in [0.25, 0.3) is 11.5 Å². The molecule has 1 aliphatic heterocycles. The third-order valence-corrected chi connectivity index (χ3v) is 4.81. The first-order chi connectivity index (χ1) is 14.8. The maximum atomic E-state index is 13.9. The van der Waals surface area contributed by atoms with Crippen LogP contribution in [0, 0.1) is 24.4 Å². The minimum absolute atomic E-state index is 0.103. The molecular weight excluding hydrogens is 413 g/mol. The fourth-order valence-electron chi connectivity index (χ4n) is 3.20. The predicted octanol–water partition coefficient (Wildman–Crippen LogP) is 2.98. The Morgan fingerprint density at radius 3 is 2.42 bits per heavy atom. The summed E-state index contributed by atoms with van der Waals surface area (Å²) in [6, 6.07) is 7.83. The number of H-pyrrole nitrogens is 1. The molecule has 1 aliphatic rings. The maximum absolute atomic E-state index is 13.9. The van der Waals surface area contributed by atoms with Gasteiger partial charge in [0.05, 0.1) is 17.8 Å². The normalized spacial score (nSPS) is 15.1. The third kappa shape index (κ3) is 3.63. The lowest BCUT2D eigenvalue weighted by Crippen LogP contribution is -2.30. The van der Waals surface area contributed by atoms with Crippen LogP contribution >= 0.6 is 0 Å². The molecule has 0 unspecified atom stereocenters. The van der Waals surface area contributed by atoms with E-state index in [1.54, 1.807) is 6.92 Å². The molecule has 0 atom stereocenters. The SMILES string of the molecule is Cc1[nH]n(-c2ccc(F)cc2)c(=O)c1C=C1NC(=O)N(Cc2cccc(F)c2F)C1=O. The number of carbonyl (C=O) groups excluding carboxylic acids is 2. The number of nitrogens with zero attached hydrogens (tertiary/aromatic N) is 2. The number of imide groups is 1. The number of benzene rings is 2. The topological polar surface area (TPSA) is 87.2 Å². The van der Waals surface area contributed by atoms with Crippen LogP contribution in [0.5, 0.6) is 0 Å². The summed E-state index contributed by atoms with van der Waals surface area (Å²) in [5.74, 6) is -3.49. The van der Waals surface area contributed by atoms with Gasteiger partial charge in [0.2, 0.25) is 0 Å². The van der Waals surface area contributed by atoms with Crippen molar-refractivity contribution in [2.75, 3.05) is 0 Å². The number of urea groups is 1. The number of hydrogen-bond acceptors (Lipinski definition) is 3. The van der Waals surface area contributed by atoms with Crippen molar-refractivity contribution in [3.8, 4) is 5.69 Å². The van der Waals surface area contributed by atoms with Crippen LogP contribution in [0.3, 0.4) is 0 Å². The second-order valence-corrected chi connectivity index (χ2v) is 6.86. The Balaban J connectivity index is 1.65. The molecule has 7 nitrogen and oxygen atoms in total. The van der Waals surface area contributed by atoms with E-state index >= 15 is 0 Å². The number of amides is 3. The number of nitrogens with one attached hydrogen (secondary N) is 2.